The molecule has 2 N–H and O–H groups in total. The highest BCUT2D eigenvalue weighted by molar-refractivity contribution is 4.80. The van der Waals surface area contributed by atoms with Gasteiger partial charge in [-0.1, -0.05) is 0 Å². The van der Waals surface area contributed by atoms with Crippen molar-refractivity contribution >= 4 is 0 Å². The Balaban J connectivity index is 2.23. The van der Waals surface area contributed by atoms with Crippen molar-refractivity contribution in [1.82, 2.24) is 10.6 Å². The molecule has 0 aromatic rings. The highest BCUT2D eigenvalue weighted by Gasteiger charge is 2.21. The Bertz CT molecular complexity index is 180. The molecule has 1 aliphatic rings. The summed E-state index contributed by atoms with van der Waals surface area (Å²) < 4.78 is 10.5. The molecule has 1 fully saturated rings. The van der Waals surface area contributed by atoms with Crippen molar-refractivity contribution in [2.24, 2.45) is 0 Å². The minimum Gasteiger partial charge on any atom is -0.354 e. The highest BCUT2D eigenvalue weighted by atomic mass is 16.7. The molecule has 96 valence electrons. The molecule has 1 heterocycles. The average molecular weight is 230 g/mol. The summed E-state index contributed by atoms with van der Waals surface area (Å²) in [5.74, 6) is 0. The minimum absolute atomic E-state index is 0.168. The molecule has 3 unspecified atom stereocenters. The van der Waals surface area contributed by atoms with E-state index < -0.39 is 0 Å². The summed E-state index contributed by atoms with van der Waals surface area (Å²) in [6, 6.07) is 1.38. The number of rotatable bonds is 7. The quantitative estimate of drug-likeness (QED) is 0.643. The van der Waals surface area contributed by atoms with Crippen LogP contribution in [0.2, 0.25) is 0 Å². The third kappa shape index (κ3) is 4.37. The Morgan fingerprint density at radius 3 is 2.50 bits per heavy atom. The molecular weight excluding hydrogens is 204 g/mol. The lowest BCUT2D eigenvalue weighted by Crippen LogP contribution is -2.45. The first kappa shape index (κ1) is 13.9. The fourth-order valence-electron chi connectivity index (χ4n) is 2.48. The molecule has 0 radical (unpaired) electrons. The lowest BCUT2D eigenvalue weighted by molar-refractivity contribution is -0.120. The van der Waals surface area contributed by atoms with E-state index in [-0.39, 0.29) is 12.3 Å². The average Bonchev–Trinajstić information content (AvgIpc) is 2.71. The van der Waals surface area contributed by atoms with Gasteiger partial charge in [0.15, 0.2) is 6.29 Å². The van der Waals surface area contributed by atoms with E-state index in [0.29, 0.717) is 12.1 Å². The van der Waals surface area contributed by atoms with E-state index in [4.69, 9.17) is 9.47 Å². The number of nitrogens with one attached hydrogen (secondary N) is 2. The molecule has 16 heavy (non-hydrogen) atoms. The maximum absolute atomic E-state index is 5.23. The summed E-state index contributed by atoms with van der Waals surface area (Å²) in [6.07, 6.45) is 3.62. The van der Waals surface area contributed by atoms with Gasteiger partial charge in [-0.25, -0.2) is 0 Å². The maximum atomic E-state index is 5.23. The van der Waals surface area contributed by atoms with E-state index in [1.807, 2.05) is 0 Å². The van der Waals surface area contributed by atoms with Gasteiger partial charge in [0.1, 0.15) is 0 Å². The van der Waals surface area contributed by atoms with Gasteiger partial charge in [-0.3, -0.25) is 0 Å². The molecule has 0 saturated carbocycles. The van der Waals surface area contributed by atoms with Crippen LogP contribution in [-0.2, 0) is 9.47 Å². The van der Waals surface area contributed by atoms with Crippen molar-refractivity contribution in [2.45, 2.75) is 57.5 Å². The smallest absolute Gasteiger partial charge is 0.171 e. The Labute approximate surface area is 99.1 Å². The molecule has 0 aliphatic carbocycles. The lowest BCUT2D eigenvalue weighted by atomic mass is 10.1. The number of hydrogen-bond acceptors (Lipinski definition) is 4. The second kappa shape index (κ2) is 7.22. The molecule has 3 atom stereocenters. The second-order valence-corrected chi connectivity index (χ2v) is 4.73. The van der Waals surface area contributed by atoms with Crippen LogP contribution in [0.4, 0.5) is 0 Å². The van der Waals surface area contributed by atoms with Crippen LogP contribution in [0, 0.1) is 0 Å². The third-order valence-electron chi connectivity index (χ3n) is 3.22. The summed E-state index contributed by atoms with van der Waals surface area (Å²) >= 11 is 0. The van der Waals surface area contributed by atoms with Gasteiger partial charge in [-0.15, -0.1) is 0 Å². The fourth-order valence-corrected chi connectivity index (χ4v) is 2.48. The summed E-state index contributed by atoms with van der Waals surface area (Å²) in [5, 5.41) is 7.03. The Hall–Kier alpha value is -0.160. The minimum atomic E-state index is -0.168. The van der Waals surface area contributed by atoms with Gasteiger partial charge in [0.25, 0.3) is 0 Å². The van der Waals surface area contributed by atoms with E-state index in [9.17, 15) is 0 Å². The highest BCUT2D eigenvalue weighted by Crippen LogP contribution is 2.11. The largest absolute Gasteiger partial charge is 0.354 e. The van der Waals surface area contributed by atoms with E-state index in [1.54, 1.807) is 14.2 Å². The third-order valence-corrected chi connectivity index (χ3v) is 3.22. The van der Waals surface area contributed by atoms with Crippen LogP contribution >= 0.6 is 0 Å². The van der Waals surface area contributed by atoms with E-state index in [0.717, 1.165) is 0 Å². The zero-order valence-corrected chi connectivity index (χ0v) is 11.0. The molecule has 4 heteroatoms. The normalized spacial score (nSPS) is 24.9. The van der Waals surface area contributed by atoms with Crippen LogP contribution in [-0.4, -0.2) is 45.2 Å². The first-order chi connectivity index (χ1) is 7.67. The molecule has 1 aliphatic heterocycles. The first-order valence-electron chi connectivity index (χ1n) is 6.22. The van der Waals surface area contributed by atoms with Crippen molar-refractivity contribution < 1.29 is 9.47 Å². The van der Waals surface area contributed by atoms with Gasteiger partial charge in [-0.2, -0.15) is 0 Å². The summed E-state index contributed by atoms with van der Waals surface area (Å²) in [5.41, 5.74) is 0. The maximum Gasteiger partial charge on any atom is 0.171 e. The lowest BCUT2D eigenvalue weighted by Gasteiger charge is -2.27. The molecule has 1 saturated heterocycles. The van der Waals surface area contributed by atoms with Crippen LogP contribution in [0.3, 0.4) is 0 Å². The molecule has 0 spiro atoms. The van der Waals surface area contributed by atoms with Gasteiger partial charge in [-0.05, 0) is 39.7 Å². The van der Waals surface area contributed by atoms with Gasteiger partial charge in [0.2, 0.25) is 0 Å². The van der Waals surface area contributed by atoms with Crippen LogP contribution in [0.1, 0.15) is 33.1 Å². The molecule has 0 aromatic carbocycles. The topological polar surface area (TPSA) is 42.5 Å². The SMILES string of the molecule is COC(OC)C(C)NC(C)CC1CCCN1. The molecule has 0 amide bonds. The zero-order valence-electron chi connectivity index (χ0n) is 11.0. The fraction of sp³-hybridized carbons (Fsp3) is 1.00. The summed E-state index contributed by atoms with van der Waals surface area (Å²) in [7, 11) is 3.35. The molecule has 1 rings (SSSR count). The van der Waals surface area contributed by atoms with E-state index >= 15 is 0 Å². The predicted octanol–water partition coefficient (Wildman–Crippen LogP) is 1.11. The van der Waals surface area contributed by atoms with Gasteiger partial charge in [0, 0.05) is 26.3 Å². The standard InChI is InChI=1S/C12H26N2O2/c1-9(8-11-6-5-7-13-11)14-10(2)12(15-3)16-4/h9-14H,5-8H2,1-4H3. The molecule has 4 nitrogen and oxygen atoms in total. The monoisotopic (exact) mass is 230 g/mol. The van der Waals surface area contributed by atoms with Crippen LogP contribution in [0.25, 0.3) is 0 Å². The Morgan fingerprint density at radius 2 is 2.00 bits per heavy atom. The Kier molecular flexibility index (Phi) is 6.28. The van der Waals surface area contributed by atoms with Gasteiger partial charge >= 0.3 is 0 Å². The Morgan fingerprint density at radius 1 is 1.31 bits per heavy atom. The number of ether oxygens (including phenoxy) is 2. The van der Waals surface area contributed by atoms with Gasteiger partial charge in [0.05, 0.1) is 6.04 Å². The predicted molar refractivity (Wildman–Crippen MR) is 65.5 cm³/mol. The number of hydrogen-bond donors (Lipinski definition) is 2. The van der Waals surface area contributed by atoms with Crippen LogP contribution in [0.5, 0.6) is 0 Å². The zero-order chi connectivity index (χ0) is 12.0. The van der Waals surface area contributed by atoms with Crippen molar-refractivity contribution in [1.29, 1.82) is 0 Å². The molecule has 0 bridgehead atoms. The molecule has 0 aromatic heterocycles. The molecular formula is C12H26N2O2. The van der Waals surface area contributed by atoms with E-state index in [2.05, 4.69) is 24.5 Å². The van der Waals surface area contributed by atoms with Crippen molar-refractivity contribution in [3.63, 3.8) is 0 Å². The van der Waals surface area contributed by atoms with Crippen molar-refractivity contribution in [3.05, 3.63) is 0 Å². The first-order valence-corrected chi connectivity index (χ1v) is 6.22. The summed E-state index contributed by atoms with van der Waals surface area (Å²) in [6.45, 7) is 5.49. The van der Waals surface area contributed by atoms with Crippen molar-refractivity contribution in [3.8, 4) is 0 Å². The van der Waals surface area contributed by atoms with Crippen LogP contribution < -0.4 is 10.6 Å². The summed E-state index contributed by atoms with van der Waals surface area (Å²) in [4.78, 5) is 0. The number of methoxy groups -OCH3 is 2. The van der Waals surface area contributed by atoms with Gasteiger partial charge < -0.3 is 20.1 Å². The van der Waals surface area contributed by atoms with E-state index in [1.165, 1.54) is 25.8 Å². The second-order valence-electron chi connectivity index (χ2n) is 4.73. The van der Waals surface area contributed by atoms with Crippen molar-refractivity contribution in [2.75, 3.05) is 20.8 Å². The van der Waals surface area contributed by atoms with Crippen LogP contribution in [0.15, 0.2) is 0 Å².